The second-order valence-electron chi connectivity index (χ2n) is 6.76. The van der Waals surface area contributed by atoms with E-state index < -0.39 is 0 Å². The molecule has 0 bridgehead atoms. The quantitative estimate of drug-likeness (QED) is 0.735. The van der Waals surface area contributed by atoms with Crippen molar-refractivity contribution in [3.05, 3.63) is 68.8 Å². The maximum Gasteiger partial charge on any atom is 0.267 e. The topological polar surface area (TPSA) is 76.0 Å². The highest BCUT2D eigenvalue weighted by atomic mass is 35.5. The summed E-state index contributed by atoms with van der Waals surface area (Å²) in [5.41, 5.74) is 2.82. The summed E-state index contributed by atoms with van der Waals surface area (Å²) in [7, 11) is 0. The SMILES string of the molecule is N#Cc1ccc(N2CCN(Cc3cnc4cc(Cl)c(=O)[nH]c4c3)CC2)c(F)c1. The number of nitrogens with one attached hydrogen (secondary N) is 1. The van der Waals surface area contributed by atoms with Gasteiger partial charge in [0.1, 0.15) is 10.8 Å². The van der Waals surface area contributed by atoms with Crippen molar-refractivity contribution in [3.63, 3.8) is 0 Å². The van der Waals surface area contributed by atoms with Crippen molar-refractivity contribution in [1.82, 2.24) is 14.9 Å². The van der Waals surface area contributed by atoms with E-state index in [2.05, 4.69) is 14.9 Å². The molecule has 142 valence electrons. The Morgan fingerprint density at radius 3 is 2.71 bits per heavy atom. The van der Waals surface area contributed by atoms with Crippen molar-refractivity contribution >= 4 is 28.3 Å². The zero-order valence-corrected chi connectivity index (χ0v) is 15.7. The second kappa shape index (κ2) is 7.58. The van der Waals surface area contributed by atoms with Crippen LogP contribution in [0.1, 0.15) is 11.1 Å². The molecule has 1 saturated heterocycles. The normalized spacial score (nSPS) is 15.0. The van der Waals surface area contributed by atoms with Gasteiger partial charge in [-0.15, -0.1) is 0 Å². The molecule has 2 aromatic heterocycles. The molecule has 3 heterocycles. The lowest BCUT2D eigenvalue weighted by molar-refractivity contribution is 0.249. The predicted molar refractivity (Wildman–Crippen MR) is 106 cm³/mol. The average Bonchev–Trinajstić information content (AvgIpc) is 2.70. The molecule has 0 atom stereocenters. The predicted octanol–water partition coefficient (Wildman–Crippen LogP) is 2.91. The van der Waals surface area contributed by atoms with Gasteiger partial charge in [0, 0.05) is 38.9 Å². The number of fused-ring (bicyclic) bond motifs is 1. The molecule has 6 nitrogen and oxygen atoms in total. The smallest absolute Gasteiger partial charge is 0.267 e. The van der Waals surface area contributed by atoms with E-state index in [9.17, 15) is 9.18 Å². The van der Waals surface area contributed by atoms with Crippen molar-refractivity contribution in [1.29, 1.82) is 5.26 Å². The molecule has 3 aromatic rings. The van der Waals surface area contributed by atoms with E-state index in [-0.39, 0.29) is 16.4 Å². The first-order valence-electron chi connectivity index (χ1n) is 8.88. The van der Waals surface area contributed by atoms with Gasteiger partial charge in [0.05, 0.1) is 28.4 Å². The third-order valence-corrected chi connectivity index (χ3v) is 5.18. The number of rotatable bonds is 3. The van der Waals surface area contributed by atoms with Crippen LogP contribution in [0, 0.1) is 17.1 Å². The van der Waals surface area contributed by atoms with Gasteiger partial charge in [0.25, 0.3) is 5.56 Å². The van der Waals surface area contributed by atoms with E-state index >= 15 is 0 Å². The van der Waals surface area contributed by atoms with Gasteiger partial charge >= 0.3 is 0 Å². The second-order valence-corrected chi connectivity index (χ2v) is 7.17. The highest BCUT2D eigenvalue weighted by Gasteiger charge is 2.20. The molecule has 4 rings (SSSR count). The number of nitrogens with zero attached hydrogens (tertiary/aromatic N) is 4. The highest BCUT2D eigenvalue weighted by Crippen LogP contribution is 2.22. The number of pyridine rings is 2. The van der Waals surface area contributed by atoms with Crippen molar-refractivity contribution in [3.8, 4) is 6.07 Å². The molecule has 0 unspecified atom stereocenters. The lowest BCUT2D eigenvalue weighted by Gasteiger charge is -2.36. The fraction of sp³-hybridized carbons (Fsp3) is 0.250. The Bertz CT molecular complexity index is 1130. The van der Waals surface area contributed by atoms with Crippen LogP contribution in [0.3, 0.4) is 0 Å². The van der Waals surface area contributed by atoms with Crippen LogP contribution in [-0.4, -0.2) is 41.0 Å². The summed E-state index contributed by atoms with van der Waals surface area (Å²) in [5, 5.41) is 8.99. The summed E-state index contributed by atoms with van der Waals surface area (Å²) in [6.07, 6.45) is 1.78. The van der Waals surface area contributed by atoms with Crippen LogP contribution in [-0.2, 0) is 6.54 Å². The van der Waals surface area contributed by atoms with Gasteiger partial charge < -0.3 is 9.88 Å². The van der Waals surface area contributed by atoms with Crippen LogP contribution < -0.4 is 10.5 Å². The molecule has 0 radical (unpaired) electrons. The number of H-pyrrole nitrogens is 1. The van der Waals surface area contributed by atoms with Crippen molar-refractivity contribution in [2.75, 3.05) is 31.1 Å². The Balaban J connectivity index is 1.43. The summed E-state index contributed by atoms with van der Waals surface area (Å²) in [5.74, 6) is -0.367. The van der Waals surface area contributed by atoms with Crippen LogP contribution >= 0.6 is 11.6 Å². The molecule has 1 aliphatic heterocycles. The van der Waals surface area contributed by atoms with Crippen LogP contribution in [0.15, 0.2) is 41.3 Å². The van der Waals surface area contributed by atoms with E-state index in [4.69, 9.17) is 16.9 Å². The first-order chi connectivity index (χ1) is 13.5. The number of aromatic nitrogens is 2. The number of nitriles is 1. The summed E-state index contributed by atoms with van der Waals surface area (Å²) >= 11 is 5.84. The van der Waals surface area contributed by atoms with E-state index in [1.54, 1.807) is 24.4 Å². The minimum absolute atomic E-state index is 0.124. The molecule has 28 heavy (non-hydrogen) atoms. The first-order valence-corrected chi connectivity index (χ1v) is 9.26. The van der Waals surface area contributed by atoms with E-state index in [1.165, 1.54) is 6.07 Å². The molecule has 0 amide bonds. The zero-order chi connectivity index (χ0) is 19.7. The number of hydrogen-bond donors (Lipinski definition) is 1. The minimum atomic E-state index is -0.367. The Kier molecular flexibility index (Phi) is 4.99. The van der Waals surface area contributed by atoms with Gasteiger partial charge in [0.2, 0.25) is 0 Å². The molecule has 0 spiro atoms. The number of anilines is 1. The number of halogens is 2. The average molecular weight is 398 g/mol. The minimum Gasteiger partial charge on any atom is -0.367 e. The van der Waals surface area contributed by atoms with Crippen LogP contribution in [0.25, 0.3) is 11.0 Å². The molecule has 1 aromatic carbocycles. The molecular formula is C20H17ClFN5O. The van der Waals surface area contributed by atoms with Crippen molar-refractivity contribution < 1.29 is 4.39 Å². The summed E-state index contributed by atoms with van der Waals surface area (Å²) in [6.45, 7) is 3.62. The van der Waals surface area contributed by atoms with E-state index in [0.29, 0.717) is 41.9 Å². The Morgan fingerprint density at radius 2 is 2.00 bits per heavy atom. The lowest BCUT2D eigenvalue weighted by Crippen LogP contribution is -2.46. The molecule has 1 fully saturated rings. The van der Waals surface area contributed by atoms with Gasteiger partial charge in [0.15, 0.2) is 0 Å². The summed E-state index contributed by atoms with van der Waals surface area (Å²) in [6, 6.07) is 9.99. The fourth-order valence-corrected chi connectivity index (χ4v) is 3.58. The number of hydrogen-bond acceptors (Lipinski definition) is 5. The van der Waals surface area contributed by atoms with Crippen LogP contribution in [0.5, 0.6) is 0 Å². The molecule has 1 N–H and O–H groups in total. The summed E-state index contributed by atoms with van der Waals surface area (Å²) in [4.78, 5) is 23.1. The Morgan fingerprint density at radius 1 is 1.21 bits per heavy atom. The molecule has 8 heteroatoms. The Hall–Kier alpha value is -2.95. The van der Waals surface area contributed by atoms with Gasteiger partial charge in [-0.25, -0.2) is 4.39 Å². The van der Waals surface area contributed by atoms with Gasteiger partial charge in [-0.2, -0.15) is 5.26 Å². The summed E-state index contributed by atoms with van der Waals surface area (Å²) < 4.78 is 14.2. The fourth-order valence-electron chi connectivity index (χ4n) is 3.43. The van der Waals surface area contributed by atoms with E-state index in [1.807, 2.05) is 17.0 Å². The van der Waals surface area contributed by atoms with Gasteiger partial charge in [-0.05, 0) is 35.9 Å². The highest BCUT2D eigenvalue weighted by molar-refractivity contribution is 6.30. The molecular weight excluding hydrogens is 381 g/mol. The van der Waals surface area contributed by atoms with Gasteiger partial charge in [-0.1, -0.05) is 11.6 Å². The maximum absolute atomic E-state index is 14.2. The first kappa shape index (κ1) is 18.4. The maximum atomic E-state index is 14.2. The molecule has 0 saturated carbocycles. The molecule has 1 aliphatic rings. The number of piperazine rings is 1. The third-order valence-electron chi connectivity index (χ3n) is 4.90. The Labute approximate surface area is 165 Å². The van der Waals surface area contributed by atoms with Crippen LogP contribution in [0.2, 0.25) is 5.02 Å². The van der Waals surface area contributed by atoms with Crippen LogP contribution in [0.4, 0.5) is 10.1 Å². The monoisotopic (exact) mass is 397 g/mol. The van der Waals surface area contributed by atoms with Gasteiger partial charge in [-0.3, -0.25) is 14.7 Å². The molecule has 0 aliphatic carbocycles. The third kappa shape index (κ3) is 3.70. The standard InChI is InChI=1S/C20H17ClFN5O/c21-15-9-17-18(25-20(15)28)8-14(11-24-17)12-26-3-5-27(6-4-26)19-2-1-13(10-23)7-16(19)22/h1-2,7-9,11H,3-6,12H2,(H,25,28). The number of benzene rings is 1. The number of aromatic amines is 1. The lowest BCUT2D eigenvalue weighted by atomic mass is 10.1. The largest absolute Gasteiger partial charge is 0.367 e. The zero-order valence-electron chi connectivity index (χ0n) is 15.0. The van der Waals surface area contributed by atoms with E-state index in [0.717, 1.165) is 18.7 Å². The van der Waals surface area contributed by atoms with Crippen molar-refractivity contribution in [2.24, 2.45) is 0 Å². The van der Waals surface area contributed by atoms with Crippen molar-refractivity contribution in [2.45, 2.75) is 6.54 Å².